The summed E-state index contributed by atoms with van der Waals surface area (Å²) < 4.78 is 0.947. The lowest BCUT2D eigenvalue weighted by Crippen LogP contribution is -2.37. The Kier molecular flexibility index (Phi) is 6.40. The SMILES string of the molecule is CCC(CC)(CC(=O)N[C@H](C)c1cccc(Br)c1)C(=O)O. The molecular weight excluding hydrogens is 334 g/mol. The minimum absolute atomic E-state index is 0.00762. The minimum Gasteiger partial charge on any atom is -0.481 e. The van der Waals surface area contributed by atoms with Crippen LogP contribution in [0.3, 0.4) is 0 Å². The number of carboxylic acid groups (broad SMARTS) is 1. The van der Waals surface area contributed by atoms with Gasteiger partial charge in [0, 0.05) is 10.9 Å². The molecule has 0 aliphatic rings. The van der Waals surface area contributed by atoms with E-state index in [1.165, 1.54) is 0 Å². The van der Waals surface area contributed by atoms with Gasteiger partial charge in [0.2, 0.25) is 5.91 Å². The maximum atomic E-state index is 12.2. The molecule has 0 saturated heterocycles. The first-order chi connectivity index (χ1) is 9.84. The lowest BCUT2D eigenvalue weighted by Gasteiger charge is -2.26. The third-order valence-electron chi connectivity index (χ3n) is 4.03. The quantitative estimate of drug-likeness (QED) is 0.779. The van der Waals surface area contributed by atoms with E-state index < -0.39 is 11.4 Å². The number of hydrogen-bond donors (Lipinski definition) is 2. The summed E-state index contributed by atoms with van der Waals surface area (Å²) in [4.78, 5) is 23.6. The van der Waals surface area contributed by atoms with Gasteiger partial charge in [-0.3, -0.25) is 9.59 Å². The Balaban J connectivity index is 2.75. The third kappa shape index (κ3) is 4.56. The van der Waals surface area contributed by atoms with Gasteiger partial charge in [-0.05, 0) is 37.5 Å². The van der Waals surface area contributed by atoms with E-state index in [4.69, 9.17) is 0 Å². The lowest BCUT2D eigenvalue weighted by atomic mass is 9.79. The minimum atomic E-state index is -0.971. The van der Waals surface area contributed by atoms with Crippen molar-refractivity contribution < 1.29 is 14.7 Å². The number of hydrogen-bond acceptors (Lipinski definition) is 2. The Hall–Kier alpha value is -1.36. The lowest BCUT2D eigenvalue weighted by molar-refractivity contribution is -0.152. The molecule has 0 aliphatic heterocycles. The Morgan fingerprint density at radius 2 is 1.95 bits per heavy atom. The summed E-state index contributed by atoms with van der Waals surface area (Å²) in [5.41, 5.74) is 0.00722. The highest BCUT2D eigenvalue weighted by Gasteiger charge is 2.37. The molecule has 1 amide bonds. The summed E-state index contributed by atoms with van der Waals surface area (Å²) >= 11 is 3.40. The number of aliphatic carboxylic acids is 1. The highest BCUT2D eigenvalue weighted by atomic mass is 79.9. The van der Waals surface area contributed by atoms with Gasteiger partial charge in [0.15, 0.2) is 0 Å². The van der Waals surface area contributed by atoms with Crippen molar-refractivity contribution in [3.63, 3.8) is 0 Å². The molecular formula is C16H22BrNO3. The van der Waals surface area contributed by atoms with Crippen LogP contribution in [0.4, 0.5) is 0 Å². The van der Waals surface area contributed by atoms with Gasteiger partial charge in [-0.25, -0.2) is 0 Å². The number of nitrogens with one attached hydrogen (secondary N) is 1. The van der Waals surface area contributed by atoms with Crippen molar-refractivity contribution >= 4 is 27.8 Å². The summed E-state index contributed by atoms with van der Waals surface area (Å²) in [5.74, 6) is -1.13. The molecule has 5 heteroatoms. The largest absolute Gasteiger partial charge is 0.481 e. The number of halogens is 1. The van der Waals surface area contributed by atoms with Gasteiger partial charge in [-0.2, -0.15) is 0 Å². The monoisotopic (exact) mass is 355 g/mol. The molecule has 0 fully saturated rings. The normalized spacial score (nSPS) is 12.8. The highest BCUT2D eigenvalue weighted by Crippen LogP contribution is 2.31. The Bertz CT molecular complexity index is 512. The Labute approximate surface area is 134 Å². The smallest absolute Gasteiger partial charge is 0.310 e. The second-order valence-corrected chi connectivity index (χ2v) is 6.23. The van der Waals surface area contributed by atoms with Gasteiger partial charge in [0.25, 0.3) is 0 Å². The molecule has 0 radical (unpaired) electrons. The van der Waals surface area contributed by atoms with Crippen molar-refractivity contribution in [3.8, 4) is 0 Å². The molecule has 0 aromatic heterocycles. The van der Waals surface area contributed by atoms with Gasteiger partial charge in [-0.1, -0.05) is 41.9 Å². The fourth-order valence-corrected chi connectivity index (χ4v) is 2.75. The van der Waals surface area contributed by atoms with E-state index in [0.29, 0.717) is 12.8 Å². The number of benzene rings is 1. The molecule has 2 N–H and O–H groups in total. The van der Waals surface area contributed by atoms with Crippen LogP contribution in [0.2, 0.25) is 0 Å². The van der Waals surface area contributed by atoms with E-state index in [-0.39, 0.29) is 18.4 Å². The van der Waals surface area contributed by atoms with E-state index >= 15 is 0 Å². The zero-order valence-corrected chi connectivity index (χ0v) is 14.2. The third-order valence-corrected chi connectivity index (χ3v) is 4.53. The van der Waals surface area contributed by atoms with E-state index in [1.54, 1.807) is 0 Å². The van der Waals surface area contributed by atoms with Crippen LogP contribution in [0.15, 0.2) is 28.7 Å². The fourth-order valence-electron chi connectivity index (χ4n) is 2.34. The van der Waals surface area contributed by atoms with Crippen LogP contribution in [0.5, 0.6) is 0 Å². The number of rotatable bonds is 7. The van der Waals surface area contributed by atoms with Gasteiger partial charge in [0.1, 0.15) is 0 Å². The molecule has 0 aliphatic carbocycles. The average Bonchev–Trinajstić information content (AvgIpc) is 2.44. The molecule has 21 heavy (non-hydrogen) atoms. The van der Waals surface area contributed by atoms with Crippen LogP contribution in [0, 0.1) is 5.41 Å². The van der Waals surface area contributed by atoms with Crippen LogP contribution in [0.1, 0.15) is 51.6 Å². The number of carbonyl (C=O) groups is 2. The second-order valence-electron chi connectivity index (χ2n) is 5.31. The standard InChI is InChI=1S/C16H22BrNO3/c1-4-16(5-2,15(20)21)10-14(19)18-11(3)12-7-6-8-13(17)9-12/h6-9,11H,4-5,10H2,1-3H3,(H,18,19)(H,20,21)/t11-/m1/s1. The van der Waals surface area contributed by atoms with Crippen LogP contribution in [-0.2, 0) is 9.59 Å². The molecule has 0 bridgehead atoms. The summed E-state index contributed by atoms with van der Waals surface area (Å²) in [6.45, 7) is 5.51. The van der Waals surface area contributed by atoms with Crippen LogP contribution in [-0.4, -0.2) is 17.0 Å². The summed E-state index contributed by atoms with van der Waals surface area (Å²) in [6.07, 6.45) is 0.892. The zero-order chi connectivity index (χ0) is 16.0. The van der Waals surface area contributed by atoms with Crippen molar-refractivity contribution in [3.05, 3.63) is 34.3 Å². The molecule has 4 nitrogen and oxygen atoms in total. The molecule has 1 rings (SSSR count). The van der Waals surface area contributed by atoms with E-state index in [1.807, 2.05) is 45.0 Å². The number of carbonyl (C=O) groups excluding carboxylic acids is 1. The highest BCUT2D eigenvalue weighted by molar-refractivity contribution is 9.10. The maximum absolute atomic E-state index is 12.2. The second kappa shape index (κ2) is 7.59. The molecule has 0 heterocycles. The van der Waals surface area contributed by atoms with Gasteiger partial charge >= 0.3 is 5.97 Å². The van der Waals surface area contributed by atoms with Crippen molar-refractivity contribution in [2.75, 3.05) is 0 Å². The molecule has 0 unspecified atom stereocenters. The Morgan fingerprint density at radius 1 is 1.33 bits per heavy atom. The van der Waals surface area contributed by atoms with Gasteiger partial charge < -0.3 is 10.4 Å². The van der Waals surface area contributed by atoms with Crippen molar-refractivity contribution in [1.29, 1.82) is 0 Å². The van der Waals surface area contributed by atoms with Crippen LogP contribution < -0.4 is 5.32 Å². The van der Waals surface area contributed by atoms with Gasteiger partial charge in [0.05, 0.1) is 11.5 Å². The molecule has 0 saturated carbocycles. The first-order valence-corrected chi connectivity index (χ1v) is 7.92. The Morgan fingerprint density at radius 3 is 2.43 bits per heavy atom. The van der Waals surface area contributed by atoms with E-state index in [9.17, 15) is 14.7 Å². The predicted octanol–water partition coefficient (Wildman–Crippen LogP) is 3.91. The summed E-state index contributed by atoms with van der Waals surface area (Å²) in [7, 11) is 0. The summed E-state index contributed by atoms with van der Waals surface area (Å²) in [6, 6.07) is 7.54. The fraction of sp³-hybridized carbons (Fsp3) is 0.500. The molecule has 116 valence electrons. The van der Waals surface area contributed by atoms with Crippen LogP contribution >= 0.6 is 15.9 Å². The van der Waals surface area contributed by atoms with E-state index in [0.717, 1.165) is 10.0 Å². The van der Waals surface area contributed by atoms with Crippen molar-refractivity contribution in [2.24, 2.45) is 5.41 Å². The van der Waals surface area contributed by atoms with Crippen LogP contribution in [0.25, 0.3) is 0 Å². The average molecular weight is 356 g/mol. The van der Waals surface area contributed by atoms with Crippen molar-refractivity contribution in [1.82, 2.24) is 5.32 Å². The van der Waals surface area contributed by atoms with Gasteiger partial charge in [-0.15, -0.1) is 0 Å². The van der Waals surface area contributed by atoms with E-state index in [2.05, 4.69) is 21.2 Å². The first kappa shape index (κ1) is 17.7. The summed E-state index contributed by atoms with van der Waals surface area (Å²) in [5, 5.41) is 12.3. The molecule has 1 atom stereocenters. The number of carboxylic acids is 1. The molecule has 0 spiro atoms. The topological polar surface area (TPSA) is 66.4 Å². The number of amides is 1. The first-order valence-electron chi connectivity index (χ1n) is 7.13. The predicted molar refractivity (Wildman–Crippen MR) is 86.0 cm³/mol. The molecule has 1 aromatic rings. The van der Waals surface area contributed by atoms with Crippen molar-refractivity contribution in [2.45, 2.75) is 46.1 Å². The zero-order valence-electron chi connectivity index (χ0n) is 12.6. The maximum Gasteiger partial charge on any atom is 0.310 e. The molecule has 1 aromatic carbocycles.